The molecule has 0 fully saturated rings. The van der Waals surface area contributed by atoms with Crippen molar-refractivity contribution in [2.24, 2.45) is 5.10 Å². The third-order valence-electron chi connectivity index (χ3n) is 5.35. The van der Waals surface area contributed by atoms with Crippen molar-refractivity contribution < 1.29 is 33.3 Å². The number of nitrogens with zero attached hydrogens (tertiary/aromatic N) is 1. The summed E-state index contributed by atoms with van der Waals surface area (Å²) < 4.78 is 23.0. The van der Waals surface area contributed by atoms with Gasteiger partial charge in [0.1, 0.15) is 11.5 Å². The Morgan fingerprint density at radius 1 is 0.780 bits per heavy atom. The van der Waals surface area contributed by atoms with Crippen LogP contribution < -0.4 is 24.4 Å². The van der Waals surface area contributed by atoms with Crippen LogP contribution in [0.1, 0.15) is 26.3 Å². The number of carbonyl (C=O) groups excluding carboxylic acids is 3. The van der Waals surface area contributed by atoms with Gasteiger partial charge in [-0.1, -0.05) is 36.4 Å². The molecule has 0 aliphatic heterocycles. The zero-order valence-electron chi connectivity index (χ0n) is 21.5. The van der Waals surface area contributed by atoms with Gasteiger partial charge in [0.05, 0.1) is 33.4 Å². The van der Waals surface area contributed by atoms with E-state index in [9.17, 15) is 14.4 Å². The molecule has 11 heteroatoms. The number of rotatable bonds is 10. The van der Waals surface area contributed by atoms with Crippen LogP contribution in [-0.4, -0.2) is 37.8 Å². The molecule has 208 valence electrons. The molecule has 0 saturated carbocycles. The molecule has 4 aromatic rings. The molecule has 41 heavy (non-hydrogen) atoms. The van der Waals surface area contributed by atoms with Crippen molar-refractivity contribution in [2.45, 2.75) is 0 Å². The molecule has 0 bridgehead atoms. The minimum absolute atomic E-state index is 0.00375. The van der Waals surface area contributed by atoms with Gasteiger partial charge in [-0.2, -0.15) is 5.10 Å². The van der Waals surface area contributed by atoms with Gasteiger partial charge in [0, 0.05) is 0 Å². The van der Waals surface area contributed by atoms with Gasteiger partial charge in [-0.25, -0.2) is 15.0 Å². The van der Waals surface area contributed by atoms with E-state index in [1.807, 2.05) is 0 Å². The van der Waals surface area contributed by atoms with E-state index in [-0.39, 0.29) is 18.1 Å². The molecular formula is C30H22Br2N2O7. The summed E-state index contributed by atoms with van der Waals surface area (Å²) in [5.41, 5.74) is 3.48. The predicted octanol–water partition coefficient (Wildman–Crippen LogP) is 6.19. The number of halogens is 2. The first-order valence-corrected chi connectivity index (χ1v) is 13.6. The Morgan fingerprint density at radius 3 is 1.90 bits per heavy atom. The van der Waals surface area contributed by atoms with Crippen molar-refractivity contribution in [3.05, 3.63) is 117 Å². The summed E-state index contributed by atoms with van der Waals surface area (Å²) in [6, 6.07) is 24.7. The highest BCUT2D eigenvalue weighted by molar-refractivity contribution is 9.11. The van der Waals surface area contributed by atoms with Crippen LogP contribution in [0.4, 0.5) is 0 Å². The standard InChI is InChI=1S/C30H22Br2N2O7/c1-38-22-15-23(31)28(24(32)16-22)39-18-27(35)34-33-17-19-12-13-25(40-29(36)20-8-4-2-5-9-20)26(14-19)41-30(37)21-10-6-3-7-11-21/h2-17H,18H2,1H3,(H,34,35)/b33-17-. The fraction of sp³-hybridized carbons (Fsp3) is 0.0667. The Morgan fingerprint density at radius 2 is 1.34 bits per heavy atom. The lowest BCUT2D eigenvalue weighted by Crippen LogP contribution is -2.24. The monoisotopic (exact) mass is 680 g/mol. The van der Waals surface area contributed by atoms with E-state index in [2.05, 4.69) is 42.4 Å². The van der Waals surface area contributed by atoms with E-state index < -0.39 is 17.8 Å². The maximum atomic E-state index is 12.7. The lowest BCUT2D eigenvalue weighted by atomic mass is 10.2. The van der Waals surface area contributed by atoms with E-state index in [4.69, 9.17) is 18.9 Å². The zero-order chi connectivity index (χ0) is 29.2. The average Bonchev–Trinajstić information content (AvgIpc) is 2.98. The van der Waals surface area contributed by atoms with Gasteiger partial charge in [0.15, 0.2) is 18.1 Å². The highest BCUT2D eigenvalue weighted by Gasteiger charge is 2.17. The SMILES string of the molecule is COc1cc(Br)c(OCC(=O)N/N=C\c2ccc(OC(=O)c3ccccc3)c(OC(=O)c3ccccc3)c2)c(Br)c1. The third-order valence-corrected chi connectivity index (χ3v) is 6.53. The summed E-state index contributed by atoms with van der Waals surface area (Å²) in [5, 5.41) is 3.95. The topological polar surface area (TPSA) is 113 Å². The van der Waals surface area contributed by atoms with Gasteiger partial charge >= 0.3 is 11.9 Å². The minimum Gasteiger partial charge on any atom is -0.497 e. The number of hydrogen-bond donors (Lipinski definition) is 1. The number of esters is 2. The van der Waals surface area contributed by atoms with E-state index in [0.29, 0.717) is 37.1 Å². The molecule has 0 radical (unpaired) electrons. The van der Waals surface area contributed by atoms with Crippen molar-refractivity contribution in [2.75, 3.05) is 13.7 Å². The molecule has 0 aliphatic carbocycles. The van der Waals surface area contributed by atoms with E-state index in [1.54, 1.807) is 86.0 Å². The summed E-state index contributed by atoms with van der Waals surface area (Å²) >= 11 is 6.76. The van der Waals surface area contributed by atoms with E-state index in [1.165, 1.54) is 18.3 Å². The maximum Gasteiger partial charge on any atom is 0.343 e. The van der Waals surface area contributed by atoms with E-state index in [0.717, 1.165) is 0 Å². The van der Waals surface area contributed by atoms with Gasteiger partial charge in [-0.3, -0.25) is 4.79 Å². The number of nitrogens with one attached hydrogen (secondary N) is 1. The quantitative estimate of drug-likeness (QED) is 0.0920. The van der Waals surface area contributed by atoms with Crippen molar-refractivity contribution >= 4 is 55.9 Å². The third kappa shape index (κ3) is 8.26. The average molecular weight is 682 g/mol. The zero-order valence-corrected chi connectivity index (χ0v) is 24.7. The number of benzene rings is 4. The fourth-order valence-corrected chi connectivity index (χ4v) is 4.75. The smallest absolute Gasteiger partial charge is 0.343 e. The van der Waals surface area contributed by atoms with Crippen LogP contribution in [-0.2, 0) is 4.79 Å². The van der Waals surface area contributed by atoms with Gasteiger partial charge in [0.2, 0.25) is 0 Å². The van der Waals surface area contributed by atoms with Crippen molar-refractivity contribution in [3.8, 4) is 23.0 Å². The van der Waals surface area contributed by atoms with Gasteiger partial charge in [0.25, 0.3) is 5.91 Å². The van der Waals surface area contributed by atoms with Crippen LogP contribution in [0.3, 0.4) is 0 Å². The molecule has 4 aromatic carbocycles. The van der Waals surface area contributed by atoms with Crippen LogP contribution >= 0.6 is 31.9 Å². The summed E-state index contributed by atoms with van der Waals surface area (Å²) in [7, 11) is 1.54. The lowest BCUT2D eigenvalue weighted by molar-refractivity contribution is -0.123. The molecule has 1 amide bonds. The Hall–Kier alpha value is -4.48. The predicted molar refractivity (Wildman–Crippen MR) is 159 cm³/mol. The van der Waals surface area contributed by atoms with Crippen molar-refractivity contribution in [1.82, 2.24) is 5.43 Å². The molecular weight excluding hydrogens is 660 g/mol. The molecule has 0 heterocycles. The molecule has 0 spiro atoms. The Balaban J connectivity index is 1.45. The summed E-state index contributed by atoms with van der Waals surface area (Å²) in [4.78, 5) is 37.7. The molecule has 0 unspecified atom stereocenters. The molecule has 0 atom stereocenters. The minimum atomic E-state index is -0.641. The molecule has 9 nitrogen and oxygen atoms in total. The highest BCUT2D eigenvalue weighted by atomic mass is 79.9. The Bertz CT molecular complexity index is 1560. The first-order valence-electron chi connectivity index (χ1n) is 12.0. The normalized spacial score (nSPS) is 10.6. The second kappa shape index (κ2) is 14.2. The molecule has 4 rings (SSSR count). The Labute approximate surface area is 252 Å². The summed E-state index contributed by atoms with van der Waals surface area (Å²) in [6.07, 6.45) is 1.35. The molecule has 0 saturated heterocycles. The van der Waals surface area contributed by atoms with Crippen LogP contribution in [0, 0.1) is 0 Å². The second-order valence-electron chi connectivity index (χ2n) is 8.22. The number of amides is 1. The molecule has 1 N–H and O–H groups in total. The summed E-state index contributed by atoms with van der Waals surface area (Å²) in [6.45, 7) is -0.310. The van der Waals surface area contributed by atoms with Crippen molar-refractivity contribution in [3.63, 3.8) is 0 Å². The Kier molecular flexibility index (Phi) is 10.2. The van der Waals surface area contributed by atoms with Crippen LogP contribution in [0.2, 0.25) is 0 Å². The molecule has 0 aliphatic rings. The first kappa shape index (κ1) is 29.5. The van der Waals surface area contributed by atoms with E-state index >= 15 is 0 Å². The highest BCUT2D eigenvalue weighted by Crippen LogP contribution is 2.37. The largest absolute Gasteiger partial charge is 0.497 e. The second-order valence-corrected chi connectivity index (χ2v) is 9.93. The summed E-state index contributed by atoms with van der Waals surface area (Å²) in [5.74, 6) is -0.705. The first-order chi connectivity index (χ1) is 19.8. The van der Waals surface area contributed by atoms with Crippen LogP contribution in [0.15, 0.2) is 105 Å². The van der Waals surface area contributed by atoms with Gasteiger partial charge in [-0.15, -0.1) is 0 Å². The van der Waals surface area contributed by atoms with Crippen molar-refractivity contribution in [1.29, 1.82) is 0 Å². The number of methoxy groups -OCH3 is 1. The van der Waals surface area contributed by atoms with Gasteiger partial charge in [-0.05, 0) is 92.0 Å². The number of ether oxygens (including phenoxy) is 4. The number of hydrazone groups is 1. The molecule has 0 aromatic heterocycles. The fourth-order valence-electron chi connectivity index (χ4n) is 3.38. The lowest BCUT2D eigenvalue weighted by Gasteiger charge is -2.12. The van der Waals surface area contributed by atoms with Crippen LogP contribution in [0.5, 0.6) is 23.0 Å². The number of hydrogen-bond acceptors (Lipinski definition) is 8. The van der Waals surface area contributed by atoms with Crippen LogP contribution in [0.25, 0.3) is 0 Å². The van der Waals surface area contributed by atoms with Gasteiger partial charge < -0.3 is 18.9 Å². The number of carbonyl (C=O) groups is 3. The maximum absolute atomic E-state index is 12.7.